The number of aromatic nitrogens is 1. The first-order valence-corrected chi connectivity index (χ1v) is 6.74. The van der Waals surface area contributed by atoms with Crippen LogP contribution in [0.3, 0.4) is 0 Å². The molecule has 2 rings (SSSR count). The number of halogens is 4. The van der Waals surface area contributed by atoms with E-state index in [9.17, 15) is 22.8 Å². The molecule has 1 aliphatic rings. The maximum Gasteiger partial charge on any atom is 0.430 e. The molecule has 6 nitrogen and oxygen atoms in total. The number of carbonyl (C=O) groups excluding carboxylic acids is 2. The molecule has 2 amide bonds. The lowest BCUT2D eigenvalue weighted by atomic mass is 10.1. The molecule has 0 N–H and O–H groups in total. The second-order valence-corrected chi connectivity index (χ2v) is 6.06. The molecule has 0 spiro atoms. The van der Waals surface area contributed by atoms with Gasteiger partial charge in [-0.2, -0.15) is 18.1 Å². The molecule has 0 bridgehead atoms. The lowest BCUT2D eigenvalue weighted by Gasteiger charge is -2.33. The number of imide groups is 1. The Labute approximate surface area is 134 Å². The molecule has 0 aliphatic carbocycles. The molecule has 2 heterocycles. The third kappa shape index (κ3) is 3.49. The van der Waals surface area contributed by atoms with E-state index in [1.54, 1.807) is 0 Å². The number of alkyl halides is 3. The molecule has 1 aromatic heterocycles. The fourth-order valence-corrected chi connectivity index (χ4v) is 2.10. The summed E-state index contributed by atoms with van der Waals surface area (Å²) in [5.41, 5.74) is -1.59. The van der Waals surface area contributed by atoms with E-state index in [0.29, 0.717) is 0 Å². The topological polar surface area (TPSA) is 68.7 Å². The van der Waals surface area contributed by atoms with Crippen molar-refractivity contribution in [2.75, 3.05) is 4.90 Å². The molecule has 0 saturated carbocycles. The Kier molecular flexibility index (Phi) is 4.18. The third-order valence-corrected chi connectivity index (χ3v) is 2.99. The summed E-state index contributed by atoms with van der Waals surface area (Å²) in [5.74, 6) is -0.565. The van der Waals surface area contributed by atoms with Crippen LogP contribution in [0.5, 0.6) is 0 Å². The second-order valence-electron chi connectivity index (χ2n) is 5.65. The Morgan fingerprint density at radius 1 is 1.39 bits per heavy atom. The molecular weight excluding hydrogens is 341 g/mol. The minimum atomic E-state index is -4.91. The number of hydrogen-bond donors (Lipinski definition) is 0. The van der Waals surface area contributed by atoms with E-state index in [2.05, 4.69) is 9.72 Å². The molecular formula is C13H12ClF3N2O4. The summed E-state index contributed by atoms with van der Waals surface area (Å²) in [5, 5.41) is -0.335. The number of fused-ring (bicyclic) bond motifs is 1. The van der Waals surface area contributed by atoms with E-state index in [-0.39, 0.29) is 9.92 Å². The number of rotatable bonds is 0. The molecule has 10 heteroatoms. The Morgan fingerprint density at radius 3 is 2.52 bits per heavy atom. The number of anilines is 1. The van der Waals surface area contributed by atoms with Gasteiger partial charge in [0.1, 0.15) is 5.60 Å². The van der Waals surface area contributed by atoms with Crippen LogP contribution < -0.4 is 4.90 Å². The van der Waals surface area contributed by atoms with E-state index in [1.165, 1.54) is 20.8 Å². The molecule has 1 aromatic rings. The van der Waals surface area contributed by atoms with Crippen molar-refractivity contribution in [2.45, 2.75) is 38.7 Å². The summed E-state index contributed by atoms with van der Waals surface area (Å²) in [6.07, 6.45) is -9.19. The summed E-state index contributed by atoms with van der Waals surface area (Å²) in [6.45, 7) is 4.60. The number of nitrogens with zero attached hydrogens (tertiary/aromatic N) is 2. The average molecular weight is 353 g/mol. The van der Waals surface area contributed by atoms with Gasteiger partial charge in [0.15, 0.2) is 5.82 Å². The van der Waals surface area contributed by atoms with Crippen LogP contribution in [0.4, 0.5) is 28.6 Å². The Bertz CT molecular complexity index is 658. The number of ether oxygens (including phenoxy) is 2. The van der Waals surface area contributed by atoms with Crippen LogP contribution in [0.15, 0.2) is 12.3 Å². The molecule has 0 fully saturated rings. The number of pyridine rings is 1. The zero-order valence-electron chi connectivity index (χ0n) is 12.3. The van der Waals surface area contributed by atoms with Crippen molar-refractivity contribution in [1.29, 1.82) is 0 Å². The minimum Gasteiger partial charge on any atom is -0.443 e. The predicted octanol–water partition coefficient (Wildman–Crippen LogP) is 4.23. The Balaban J connectivity index is 2.54. The smallest absolute Gasteiger partial charge is 0.430 e. The van der Waals surface area contributed by atoms with Crippen LogP contribution in [0, 0.1) is 0 Å². The number of amides is 2. The van der Waals surface area contributed by atoms with E-state index in [1.807, 2.05) is 0 Å². The third-order valence-electron chi connectivity index (χ3n) is 2.66. The van der Waals surface area contributed by atoms with Gasteiger partial charge in [0.25, 0.3) is 0 Å². The highest BCUT2D eigenvalue weighted by Crippen LogP contribution is 2.46. The number of cyclic esters (lactones) is 1. The van der Waals surface area contributed by atoms with Crippen LogP contribution in [0.25, 0.3) is 0 Å². The van der Waals surface area contributed by atoms with Crippen molar-refractivity contribution in [3.8, 4) is 0 Å². The molecule has 23 heavy (non-hydrogen) atoms. The van der Waals surface area contributed by atoms with Gasteiger partial charge in [-0.25, -0.2) is 14.6 Å². The maximum atomic E-state index is 13.1. The molecule has 0 aromatic carbocycles. The first kappa shape index (κ1) is 17.3. The van der Waals surface area contributed by atoms with Gasteiger partial charge in [-0.05, 0) is 26.8 Å². The molecule has 1 unspecified atom stereocenters. The summed E-state index contributed by atoms with van der Waals surface area (Å²) >= 11 is 5.78. The Hall–Kier alpha value is -2.03. The molecule has 126 valence electrons. The average Bonchev–Trinajstić information content (AvgIpc) is 2.34. The lowest BCUT2D eigenvalue weighted by Crippen LogP contribution is -2.47. The molecule has 1 atom stereocenters. The predicted molar refractivity (Wildman–Crippen MR) is 73.2 cm³/mol. The van der Waals surface area contributed by atoms with Crippen LogP contribution in [0.1, 0.15) is 32.4 Å². The quantitative estimate of drug-likeness (QED) is 0.699. The summed E-state index contributed by atoms with van der Waals surface area (Å²) in [7, 11) is 0. The van der Waals surface area contributed by atoms with Gasteiger partial charge in [0.2, 0.25) is 6.10 Å². The van der Waals surface area contributed by atoms with E-state index >= 15 is 0 Å². The zero-order valence-corrected chi connectivity index (χ0v) is 13.0. The van der Waals surface area contributed by atoms with Crippen molar-refractivity contribution in [3.63, 3.8) is 0 Å². The molecule has 0 radical (unpaired) electrons. The fourth-order valence-electron chi connectivity index (χ4n) is 1.86. The van der Waals surface area contributed by atoms with Gasteiger partial charge < -0.3 is 9.47 Å². The summed E-state index contributed by atoms with van der Waals surface area (Å²) < 4.78 is 48.6. The van der Waals surface area contributed by atoms with Crippen LogP contribution in [0.2, 0.25) is 5.02 Å². The number of hydrogen-bond acceptors (Lipinski definition) is 5. The first-order valence-electron chi connectivity index (χ1n) is 6.36. The van der Waals surface area contributed by atoms with Crippen LogP contribution in [-0.4, -0.2) is 28.9 Å². The normalized spacial score (nSPS) is 18.3. The van der Waals surface area contributed by atoms with Crippen molar-refractivity contribution in [3.05, 3.63) is 22.8 Å². The van der Waals surface area contributed by atoms with E-state index in [4.69, 9.17) is 16.3 Å². The fraction of sp³-hybridized carbons (Fsp3) is 0.462. The van der Waals surface area contributed by atoms with Crippen molar-refractivity contribution < 1.29 is 32.2 Å². The highest BCUT2D eigenvalue weighted by atomic mass is 35.5. The van der Waals surface area contributed by atoms with Crippen LogP contribution >= 0.6 is 11.6 Å². The van der Waals surface area contributed by atoms with Gasteiger partial charge in [-0.1, -0.05) is 11.6 Å². The van der Waals surface area contributed by atoms with Crippen molar-refractivity contribution >= 4 is 29.6 Å². The summed E-state index contributed by atoms with van der Waals surface area (Å²) in [6, 6.07) is 1.10. The lowest BCUT2D eigenvalue weighted by molar-refractivity contribution is -0.207. The standard InChI is InChI=1S/C13H12ClF3N2O4/c1-12(2,3)23-11(21)19-9-7(6(14)4-5-18-9)8(13(15,16)17)22-10(19)20/h4-5,8H,1-3H3. The number of carbonyl (C=O) groups is 2. The van der Waals surface area contributed by atoms with Gasteiger partial charge in [0, 0.05) is 6.20 Å². The second kappa shape index (κ2) is 5.55. The highest BCUT2D eigenvalue weighted by molar-refractivity contribution is 6.32. The van der Waals surface area contributed by atoms with Gasteiger partial charge in [-0.15, -0.1) is 0 Å². The highest BCUT2D eigenvalue weighted by Gasteiger charge is 2.52. The Morgan fingerprint density at radius 2 is 2.00 bits per heavy atom. The van der Waals surface area contributed by atoms with Gasteiger partial charge in [-0.3, -0.25) is 0 Å². The largest absolute Gasteiger partial charge is 0.443 e. The zero-order chi connectivity index (χ0) is 17.6. The van der Waals surface area contributed by atoms with Crippen molar-refractivity contribution in [2.24, 2.45) is 0 Å². The maximum absolute atomic E-state index is 13.1. The molecule has 1 aliphatic heterocycles. The van der Waals surface area contributed by atoms with Gasteiger partial charge in [0.05, 0.1) is 10.6 Å². The minimum absolute atomic E-state index is 0.286. The first-order chi connectivity index (χ1) is 10.4. The van der Waals surface area contributed by atoms with Crippen molar-refractivity contribution in [1.82, 2.24) is 4.98 Å². The summed E-state index contributed by atoms with van der Waals surface area (Å²) in [4.78, 5) is 27.9. The SMILES string of the molecule is CC(C)(C)OC(=O)N1C(=O)OC(C(F)(F)F)c2c(Cl)ccnc21. The van der Waals surface area contributed by atoms with E-state index in [0.717, 1.165) is 12.3 Å². The van der Waals surface area contributed by atoms with Crippen LogP contribution in [-0.2, 0) is 9.47 Å². The van der Waals surface area contributed by atoms with Gasteiger partial charge >= 0.3 is 18.4 Å². The monoisotopic (exact) mass is 352 g/mol. The van der Waals surface area contributed by atoms with E-state index < -0.39 is 41.4 Å². The molecule has 0 saturated heterocycles.